The molecule has 0 atom stereocenters. The second kappa shape index (κ2) is 8.02. The highest BCUT2D eigenvalue weighted by atomic mass is 32.2. The van der Waals surface area contributed by atoms with Gasteiger partial charge in [-0.15, -0.1) is 0 Å². The van der Waals surface area contributed by atoms with Crippen LogP contribution in [0.2, 0.25) is 0 Å². The maximum atomic E-state index is 12.2. The maximum absolute atomic E-state index is 12.2. The molecule has 29 heavy (non-hydrogen) atoms. The van der Waals surface area contributed by atoms with Crippen LogP contribution < -0.4 is 14.8 Å². The third-order valence-corrected chi connectivity index (χ3v) is 6.14. The standard InChI is InChI=1S/C20H24N2O6S/c1-20(2)12-14-6-5-7-17(19(14)28-20)27-13-18(23)21-15-8-10-16(11-9-15)29(24,25)22(3)26-4/h5-11H,12-13H2,1-4H3,(H,21,23). The fourth-order valence-electron chi connectivity index (χ4n) is 3.00. The molecule has 0 radical (unpaired) electrons. The Labute approximate surface area is 170 Å². The molecule has 3 rings (SSSR count). The van der Waals surface area contributed by atoms with Gasteiger partial charge in [-0.2, -0.15) is 0 Å². The van der Waals surface area contributed by atoms with E-state index in [2.05, 4.69) is 5.32 Å². The predicted molar refractivity (Wildman–Crippen MR) is 107 cm³/mol. The summed E-state index contributed by atoms with van der Waals surface area (Å²) in [5, 5.41) is 2.67. The third kappa shape index (κ3) is 4.69. The van der Waals surface area contributed by atoms with Gasteiger partial charge in [0.25, 0.3) is 15.9 Å². The molecular weight excluding hydrogens is 396 g/mol. The summed E-state index contributed by atoms with van der Waals surface area (Å²) in [6.45, 7) is 3.79. The topological polar surface area (TPSA) is 94.2 Å². The van der Waals surface area contributed by atoms with Crippen LogP contribution in [0.3, 0.4) is 0 Å². The Morgan fingerprint density at radius 2 is 1.90 bits per heavy atom. The normalized spacial score (nSPS) is 14.9. The van der Waals surface area contributed by atoms with Gasteiger partial charge < -0.3 is 14.8 Å². The molecule has 0 unspecified atom stereocenters. The molecule has 8 nitrogen and oxygen atoms in total. The lowest BCUT2D eigenvalue weighted by Crippen LogP contribution is -2.25. The van der Waals surface area contributed by atoms with Gasteiger partial charge in [0.15, 0.2) is 18.1 Å². The Morgan fingerprint density at radius 3 is 2.55 bits per heavy atom. The minimum absolute atomic E-state index is 0.0516. The lowest BCUT2D eigenvalue weighted by molar-refractivity contribution is -0.118. The van der Waals surface area contributed by atoms with Crippen molar-refractivity contribution < 1.29 is 27.5 Å². The van der Waals surface area contributed by atoms with E-state index in [1.54, 1.807) is 6.07 Å². The zero-order valence-electron chi connectivity index (χ0n) is 16.8. The summed E-state index contributed by atoms with van der Waals surface area (Å²) in [5.41, 5.74) is 1.20. The van der Waals surface area contributed by atoms with E-state index in [0.29, 0.717) is 17.2 Å². The van der Waals surface area contributed by atoms with Crippen molar-refractivity contribution in [2.24, 2.45) is 0 Å². The molecule has 0 aromatic heterocycles. The second-order valence-corrected chi connectivity index (χ2v) is 9.18. The number of hydroxylamine groups is 1. The van der Waals surface area contributed by atoms with Crippen LogP contribution in [0.25, 0.3) is 0 Å². The lowest BCUT2D eigenvalue weighted by Gasteiger charge is -2.18. The number of ether oxygens (including phenoxy) is 2. The number of hydrogen-bond donors (Lipinski definition) is 1. The number of fused-ring (bicyclic) bond motifs is 1. The molecule has 0 bridgehead atoms. The first-order valence-corrected chi connectivity index (χ1v) is 10.4. The van der Waals surface area contributed by atoms with Crippen molar-refractivity contribution in [1.82, 2.24) is 4.47 Å². The molecule has 1 N–H and O–H groups in total. The van der Waals surface area contributed by atoms with Gasteiger partial charge in [0, 0.05) is 24.7 Å². The van der Waals surface area contributed by atoms with E-state index in [0.717, 1.165) is 16.5 Å². The summed E-state index contributed by atoms with van der Waals surface area (Å²) in [4.78, 5) is 17.0. The number of sulfonamides is 1. The Morgan fingerprint density at radius 1 is 1.21 bits per heavy atom. The summed E-state index contributed by atoms with van der Waals surface area (Å²) in [6, 6.07) is 11.4. The van der Waals surface area contributed by atoms with Crippen LogP contribution in [0.4, 0.5) is 5.69 Å². The van der Waals surface area contributed by atoms with E-state index in [-0.39, 0.29) is 23.0 Å². The fourth-order valence-corrected chi connectivity index (χ4v) is 3.97. The van der Waals surface area contributed by atoms with Gasteiger partial charge >= 0.3 is 0 Å². The van der Waals surface area contributed by atoms with Crippen LogP contribution >= 0.6 is 0 Å². The molecule has 0 saturated heterocycles. The quantitative estimate of drug-likeness (QED) is 0.692. The Bertz CT molecular complexity index is 1000. The van der Waals surface area contributed by atoms with Crippen molar-refractivity contribution in [3.63, 3.8) is 0 Å². The molecule has 0 spiro atoms. The molecule has 1 aliphatic rings. The number of rotatable bonds is 7. The number of nitrogens with zero attached hydrogens (tertiary/aromatic N) is 1. The summed E-state index contributed by atoms with van der Waals surface area (Å²) in [7, 11) is -1.17. The summed E-state index contributed by atoms with van der Waals surface area (Å²) >= 11 is 0. The third-order valence-electron chi connectivity index (χ3n) is 4.45. The fraction of sp³-hybridized carbons (Fsp3) is 0.350. The average Bonchev–Trinajstić information content (AvgIpc) is 3.00. The number of nitrogens with one attached hydrogen (secondary N) is 1. The van der Waals surface area contributed by atoms with E-state index in [4.69, 9.17) is 14.3 Å². The van der Waals surface area contributed by atoms with Gasteiger partial charge in [-0.05, 0) is 44.2 Å². The highest BCUT2D eigenvalue weighted by molar-refractivity contribution is 7.89. The highest BCUT2D eigenvalue weighted by Crippen LogP contribution is 2.41. The second-order valence-electron chi connectivity index (χ2n) is 7.24. The molecule has 0 saturated carbocycles. The van der Waals surface area contributed by atoms with E-state index < -0.39 is 10.0 Å². The summed E-state index contributed by atoms with van der Waals surface area (Å²) in [5.74, 6) is 0.818. The molecule has 2 aromatic carbocycles. The zero-order chi connectivity index (χ0) is 21.2. The summed E-state index contributed by atoms with van der Waals surface area (Å²) < 4.78 is 36.7. The van der Waals surface area contributed by atoms with E-state index in [9.17, 15) is 13.2 Å². The van der Waals surface area contributed by atoms with Crippen LogP contribution in [0.5, 0.6) is 11.5 Å². The van der Waals surface area contributed by atoms with Gasteiger partial charge in [0.05, 0.1) is 12.0 Å². The first-order chi connectivity index (χ1) is 13.6. The van der Waals surface area contributed by atoms with Crippen molar-refractivity contribution >= 4 is 21.6 Å². The van der Waals surface area contributed by atoms with Crippen molar-refractivity contribution in [1.29, 1.82) is 0 Å². The minimum Gasteiger partial charge on any atom is -0.483 e. The first-order valence-electron chi connectivity index (χ1n) is 8.99. The van der Waals surface area contributed by atoms with Crippen LogP contribution in [-0.4, -0.2) is 45.2 Å². The maximum Gasteiger partial charge on any atom is 0.264 e. The zero-order valence-corrected chi connectivity index (χ0v) is 17.6. The predicted octanol–water partition coefficient (Wildman–Crippen LogP) is 2.60. The molecule has 1 aliphatic heterocycles. The minimum atomic E-state index is -3.74. The molecule has 1 heterocycles. The number of carbonyl (C=O) groups is 1. The molecule has 156 valence electrons. The number of anilines is 1. The number of hydrogen-bond acceptors (Lipinski definition) is 6. The van der Waals surface area contributed by atoms with Crippen LogP contribution in [0.15, 0.2) is 47.4 Å². The first kappa shape index (κ1) is 21.1. The van der Waals surface area contributed by atoms with Gasteiger partial charge in [-0.1, -0.05) is 16.6 Å². The number of para-hydroxylation sites is 1. The summed E-state index contributed by atoms with van der Waals surface area (Å²) in [6.07, 6.45) is 0.777. The monoisotopic (exact) mass is 420 g/mol. The smallest absolute Gasteiger partial charge is 0.264 e. The number of benzene rings is 2. The molecule has 9 heteroatoms. The van der Waals surface area contributed by atoms with Gasteiger partial charge in [0.2, 0.25) is 0 Å². The van der Waals surface area contributed by atoms with Crippen molar-refractivity contribution in [3.05, 3.63) is 48.0 Å². The lowest BCUT2D eigenvalue weighted by atomic mass is 10.0. The van der Waals surface area contributed by atoms with Crippen molar-refractivity contribution in [2.45, 2.75) is 30.8 Å². The SMILES string of the molecule is CON(C)S(=O)(=O)c1ccc(NC(=O)COc2cccc3c2OC(C)(C)C3)cc1. The molecular formula is C20H24N2O6S. The molecule has 2 aromatic rings. The molecule has 0 aliphatic carbocycles. The van der Waals surface area contributed by atoms with Gasteiger partial charge in [0.1, 0.15) is 5.60 Å². The van der Waals surface area contributed by atoms with Gasteiger partial charge in [-0.25, -0.2) is 8.42 Å². The van der Waals surface area contributed by atoms with E-state index in [1.807, 2.05) is 26.0 Å². The van der Waals surface area contributed by atoms with Gasteiger partial charge in [-0.3, -0.25) is 9.63 Å². The van der Waals surface area contributed by atoms with E-state index in [1.165, 1.54) is 38.4 Å². The molecule has 1 amide bonds. The average molecular weight is 420 g/mol. The largest absolute Gasteiger partial charge is 0.483 e. The van der Waals surface area contributed by atoms with Crippen molar-refractivity contribution in [3.8, 4) is 11.5 Å². The Hall–Kier alpha value is -2.62. The number of amides is 1. The molecule has 0 fully saturated rings. The van der Waals surface area contributed by atoms with E-state index >= 15 is 0 Å². The Balaban J connectivity index is 1.61. The van der Waals surface area contributed by atoms with Crippen LogP contribution in [0.1, 0.15) is 19.4 Å². The number of carbonyl (C=O) groups excluding carboxylic acids is 1. The van der Waals surface area contributed by atoms with Crippen LogP contribution in [-0.2, 0) is 26.1 Å². The van der Waals surface area contributed by atoms with Crippen molar-refractivity contribution in [2.75, 3.05) is 26.1 Å². The van der Waals surface area contributed by atoms with Crippen LogP contribution in [0, 0.1) is 0 Å². The highest BCUT2D eigenvalue weighted by Gasteiger charge is 2.32. The Kier molecular flexibility index (Phi) is 5.83.